The number of aryl methyl sites for hydroxylation is 1. The van der Waals surface area contributed by atoms with Crippen molar-refractivity contribution >= 4 is 34.4 Å². The van der Waals surface area contributed by atoms with Crippen molar-refractivity contribution in [1.29, 1.82) is 0 Å². The molecule has 0 aromatic carbocycles. The van der Waals surface area contributed by atoms with Gasteiger partial charge in [0, 0.05) is 28.6 Å². The van der Waals surface area contributed by atoms with Crippen LogP contribution in [0.4, 0.5) is 5.82 Å². The van der Waals surface area contributed by atoms with E-state index in [-0.39, 0.29) is 11.3 Å². The summed E-state index contributed by atoms with van der Waals surface area (Å²) >= 11 is 3.01. The lowest BCUT2D eigenvalue weighted by atomic mass is 9.92. The largest absolute Gasteiger partial charge is 0.306 e. The van der Waals surface area contributed by atoms with E-state index >= 15 is 0 Å². The standard InChI is InChI=1S/C21H21N5OS2/c1-13-18(29-20(23-13)14-8-10-28-12-14)19(27)24-17-11-15(21(2,3)4)25-26(17)16-7-5-6-9-22-16/h5-12H,1-4H3,(H,24,27). The molecular weight excluding hydrogens is 402 g/mol. The Bertz CT molecular complexity index is 1140. The van der Waals surface area contributed by atoms with Gasteiger partial charge in [0.1, 0.15) is 15.7 Å². The minimum Gasteiger partial charge on any atom is -0.306 e. The SMILES string of the molecule is Cc1nc(-c2ccsc2)sc1C(=O)Nc1cc(C(C)(C)C)nn1-c1ccccn1. The number of pyridine rings is 1. The smallest absolute Gasteiger partial charge is 0.268 e. The van der Waals surface area contributed by atoms with Crippen molar-refractivity contribution in [2.24, 2.45) is 0 Å². The van der Waals surface area contributed by atoms with Crippen LogP contribution in [0.3, 0.4) is 0 Å². The predicted octanol–water partition coefficient (Wildman–Crippen LogP) is 5.31. The second kappa shape index (κ2) is 7.53. The fourth-order valence-corrected chi connectivity index (χ4v) is 4.45. The summed E-state index contributed by atoms with van der Waals surface area (Å²) in [5.74, 6) is 1.04. The quantitative estimate of drug-likeness (QED) is 0.483. The van der Waals surface area contributed by atoms with Gasteiger partial charge in [0.2, 0.25) is 0 Å². The predicted molar refractivity (Wildman–Crippen MR) is 118 cm³/mol. The summed E-state index contributed by atoms with van der Waals surface area (Å²) in [6, 6.07) is 9.52. The van der Waals surface area contributed by atoms with Crippen LogP contribution < -0.4 is 5.32 Å². The number of rotatable bonds is 4. The van der Waals surface area contributed by atoms with Crippen LogP contribution in [0.1, 0.15) is 41.8 Å². The molecule has 0 atom stereocenters. The zero-order valence-electron chi connectivity index (χ0n) is 16.6. The molecule has 148 valence electrons. The van der Waals surface area contributed by atoms with Crippen LogP contribution in [-0.4, -0.2) is 25.7 Å². The number of nitrogens with one attached hydrogen (secondary N) is 1. The lowest BCUT2D eigenvalue weighted by Crippen LogP contribution is -2.15. The van der Waals surface area contributed by atoms with E-state index < -0.39 is 0 Å². The van der Waals surface area contributed by atoms with Gasteiger partial charge >= 0.3 is 0 Å². The molecule has 6 nitrogen and oxygen atoms in total. The summed E-state index contributed by atoms with van der Waals surface area (Å²) in [6.45, 7) is 8.12. The molecule has 0 saturated carbocycles. The molecule has 29 heavy (non-hydrogen) atoms. The molecule has 1 amide bonds. The second-order valence-corrected chi connectivity index (χ2v) is 9.44. The maximum absolute atomic E-state index is 13.1. The van der Waals surface area contributed by atoms with E-state index in [9.17, 15) is 4.79 Å². The Morgan fingerprint density at radius 1 is 1.21 bits per heavy atom. The summed E-state index contributed by atoms with van der Waals surface area (Å²) in [4.78, 5) is 22.6. The second-order valence-electron chi connectivity index (χ2n) is 7.66. The first kappa shape index (κ1) is 19.5. The Morgan fingerprint density at radius 2 is 2.03 bits per heavy atom. The van der Waals surface area contributed by atoms with Gasteiger partial charge in [-0.05, 0) is 30.5 Å². The van der Waals surface area contributed by atoms with Crippen molar-refractivity contribution in [3.63, 3.8) is 0 Å². The molecule has 0 aliphatic carbocycles. The Balaban J connectivity index is 1.69. The van der Waals surface area contributed by atoms with E-state index in [0.717, 1.165) is 16.3 Å². The van der Waals surface area contributed by atoms with Crippen LogP contribution in [0.2, 0.25) is 0 Å². The molecule has 0 saturated heterocycles. The zero-order chi connectivity index (χ0) is 20.6. The van der Waals surface area contributed by atoms with Crippen molar-refractivity contribution in [1.82, 2.24) is 19.7 Å². The van der Waals surface area contributed by atoms with Gasteiger partial charge in [-0.2, -0.15) is 21.1 Å². The van der Waals surface area contributed by atoms with Crippen molar-refractivity contribution in [2.45, 2.75) is 33.1 Å². The fourth-order valence-electron chi connectivity index (χ4n) is 2.78. The maximum atomic E-state index is 13.1. The number of anilines is 1. The number of thiophene rings is 1. The molecule has 0 fully saturated rings. The van der Waals surface area contributed by atoms with Gasteiger partial charge in [-0.1, -0.05) is 26.8 Å². The number of amides is 1. The first-order valence-corrected chi connectivity index (χ1v) is 10.9. The van der Waals surface area contributed by atoms with Crippen molar-refractivity contribution in [2.75, 3.05) is 5.32 Å². The minimum absolute atomic E-state index is 0.161. The van der Waals surface area contributed by atoms with Gasteiger partial charge in [-0.3, -0.25) is 4.79 Å². The lowest BCUT2D eigenvalue weighted by molar-refractivity contribution is 0.102. The van der Waals surface area contributed by atoms with Gasteiger partial charge in [0.05, 0.1) is 11.4 Å². The van der Waals surface area contributed by atoms with E-state index in [4.69, 9.17) is 5.10 Å². The summed E-state index contributed by atoms with van der Waals surface area (Å²) in [5, 5.41) is 12.6. The number of hydrogen-bond donors (Lipinski definition) is 1. The highest BCUT2D eigenvalue weighted by Crippen LogP contribution is 2.31. The fraction of sp³-hybridized carbons (Fsp3) is 0.238. The number of hydrogen-bond acceptors (Lipinski definition) is 6. The van der Waals surface area contributed by atoms with Crippen LogP contribution in [-0.2, 0) is 5.41 Å². The number of carbonyl (C=O) groups excluding carboxylic acids is 1. The Morgan fingerprint density at radius 3 is 2.69 bits per heavy atom. The lowest BCUT2D eigenvalue weighted by Gasteiger charge is -2.13. The molecule has 4 rings (SSSR count). The van der Waals surface area contributed by atoms with Crippen LogP contribution in [0.5, 0.6) is 0 Å². The molecule has 4 heterocycles. The maximum Gasteiger partial charge on any atom is 0.268 e. The van der Waals surface area contributed by atoms with E-state index in [1.807, 2.05) is 48.0 Å². The van der Waals surface area contributed by atoms with E-state index in [1.54, 1.807) is 22.2 Å². The first-order valence-electron chi connectivity index (χ1n) is 9.16. The molecule has 0 radical (unpaired) electrons. The Labute approximate surface area is 177 Å². The normalized spacial score (nSPS) is 11.6. The number of nitrogens with zero attached hydrogens (tertiary/aromatic N) is 4. The molecule has 0 aliphatic rings. The van der Waals surface area contributed by atoms with Gasteiger partial charge in [0.15, 0.2) is 5.82 Å². The molecule has 1 N–H and O–H groups in total. The number of carbonyl (C=O) groups is 1. The van der Waals surface area contributed by atoms with Crippen molar-refractivity contribution in [3.8, 4) is 16.4 Å². The number of thiazole rings is 1. The molecule has 8 heteroatoms. The highest BCUT2D eigenvalue weighted by atomic mass is 32.1. The molecule has 0 bridgehead atoms. The van der Waals surface area contributed by atoms with Gasteiger partial charge < -0.3 is 5.32 Å². The topological polar surface area (TPSA) is 72.7 Å². The van der Waals surface area contributed by atoms with Gasteiger partial charge in [0.25, 0.3) is 5.91 Å². The Hall–Kier alpha value is -2.84. The average molecular weight is 424 g/mol. The summed E-state index contributed by atoms with van der Waals surface area (Å²) in [7, 11) is 0. The van der Waals surface area contributed by atoms with E-state index in [1.165, 1.54) is 11.3 Å². The Kier molecular flexibility index (Phi) is 5.06. The molecule has 0 spiro atoms. The van der Waals surface area contributed by atoms with Gasteiger partial charge in [-0.15, -0.1) is 11.3 Å². The monoisotopic (exact) mass is 423 g/mol. The third-order valence-electron chi connectivity index (χ3n) is 4.36. The third kappa shape index (κ3) is 3.99. The first-order chi connectivity index (χ1) is 13.8. The van der Waals surface area contributed by atoms with Crippen LogP contribution >= 0.6 is 22.7 Å². The third-order valence-corrected chi connectivity index (χ3v) is 6.25. The number of aromatic nitrogens is 4. The van der Waals surface area contributed by atoms with Gasteiger partial charge in [-0.25, -0.2) is 9.97 Å². The molecule has 4 aromatic heterocycles. The van der Waals surface area contributed by atoms with Crippen LogP contribution in [0, 0.1) is 6.92 Å². The zero-order valence-corrected chi connectivity index (χ0v) is 18.3. The van der Waals surface area contributed by atoms with E-state index in [2.05, 4.69) is 36.1 Å². The molecule has 4 aromatic rings. The average Bonchev–Trinajstić information content (AvgIpc) is 3.41. The van der Waals surface area contributed by atoms with Crippen LogP contribution in [0.25, 0.3) is 16.4 Å². The minimum atomic E-state index is -0.195. The van der Waals surface area contributed by atoms with Crippen LogP contribution in [0.15, 0.2) is 47.3 Å². The molecular formula is C21H21N5OS2. The summed E-state index contributed by atoms with van der Waals surface area (Å²) < 4.78 is 1.68. The summed E-state index contributed by atoms with van der Waals surface area (Å²) in [5.41, 5.74) is 2.47. The highest BCUT2D eigenvalue weighted by Gasteiger charge is 2.23. The van der Waals surface area contributed by atoms with E-state index in [0.29, 0.717) is 22.2 Å². The van der Waals surface area contributed by atoms with Crippen molar-refractivity contribution < 1.29 is 4.79 Å². The summed E-state index contributed by atoms with van der Waals surface area (Å²) in [6.07, 6.45) is 1.71. The molecule has 0 unspecified atom stereocenters. The van der Waals surface area contributed by atoms with Crippen molar-refractivity contribution in [3.05, 3.63) is 63.6 Å². The highest BCUT2D eigenvalue weighted by molar-refractivity contribution is 7.17. The molecule has 0 aliphatic heterocycles.